The van der Waals surface area contributed by atoms with E-state index in [1.54, 1.807) is 12.1 Å². The molecule has 0 aliphatic rings. The van der Waals surface area contributed by atoms with Gasteiger partial charge in [0.05, 0.1) is 45.9 Å². The molecule has 0 radical (unpaired) electrons. The Balaban J connectivity index is 1.29. The second-order valence-corrected chi connectivity index (χ2v) is 12.0. The van der Waals surface area contributed by atoms with Gasteiger partial charge in [0.1, 0.15) is 0 Å². The van der Waals surface area contributed by atoms with Gasteiger partial charge >= 0.3 is 0 Å². The summed E-state index contributed by atoms with van der Waals surface area (Å²) >= 11 is 0. The summed E-state index contributed by atoms with van der Waals surface area (Å²) in [6.45, 7) is 0. The highest BCUT2D eigenvalue weighted by atomic mass is 15.0. The van der Waals surface area contributed by atoms with Gasteiger partial charge in [-0.1, -0.05) is 78.9 Å². The zero-order chi connectivity index (χ0) is 33.3. The fourth-order valence-electron chi connectivity index (χ4n) is 6.68. The summed E-state index contributed by atoms with van der Waals surface area (Å²) in [4.78, 5) is 0. The van der Waals surface area contributed by atoms with Crippen LogP contribution in [0.1, 0.15) is 16.7 Å². The van der Waals surface area contributed by atoms with Crippen LogP contribution in [0.25, 0.3) is 72.0 Å². The predicted octanol–water partition coefficient (Wildman–Crippen LogP) is 11.1. The maximum absolute atomic E-state index is 10.2. The Labute approximate surface area is 284 Å². The second-order valence-electron chi connectivity index (χ2n) is 12.0. The largest absolute Gasteiger partial charge is 0.309 e. The smallest absolute Gasteiger partial charge is 0.0992 e. The number of nitriles is 3. The molecule has 4 heteroatoms. The normalized spacial score (nSPS) is 10.8. The molecule has 0 spiro atoms. The van der Waals surface area contributed by atoms with Crippen molar-refractivity contribution in [2.45, 2.75) is 0 Å². The van der Waals surface area contributed by atoms with Crippen LogP contribution < -0.4 is 0 Å². The van der Waals surface area contributed by atoms with E-state index in [1.807, 2.05) is 48.5 Å². The monoisotopic (exact) mass is 622 g/mol. The number of fused-ring (bicyclic) bond motifs is 3. The van der Waals surface area contributed by atoms with E-state index in [9.17, 15) is 15.8 Å². The van der Waals surface area contributed by atoms with E-state index in [0.717, 1.165) is 72.0 Å². The molecule has 226 valence electrons. The summed E-state index contributed by atoms with van der Waals surface area (Å²) in [5, 5.41) is 31.2. The van der Waals surface area contributed by atoms with Crippen LogP contribution in [-0.4, -0.2) is 4.57 Å². The Bertz CT molecular complexity index is 2550. The second kappa shape index (κ2) is 12.2. The minimum Gasteiger partial charge on any atom is -0.309 e. The summed E-state index contributed by atoms with van der Waals surface area (Å²) < 4.78 is 2.11. The van der Waals surface area contributed by atoms with Crippen LogP contribution in [0, 0.1) is 34.0 Å². The van der Waals surface area contributed by atoms with Gasteiger partial charge in [-0.2, -0.15) is 15.8 Å². The fraction of sp³-hybridized carbons (Fsp3) is 0. The Morgan fingerprint density at radius 3 is 1.24 bits per heavy atom. The van der Waals surface area contributed by atoms with E-state index in [2.05, 4.69) is 120 Å². The topological polar surface area (TPSA) is 76.3 Å². The van der Waals surface area contributed by atoms with Crippen LogP contribution in [0.15, 0.2) is 158 Å². The molecular weight excluding hydrogens is 597 g/mol. The highest BCUT2D eigenvalue weighted by molar-refractivity contribution is 6.10. The summed E-state index contributed by atoms with van der Waals surface area (Å²) in [5.41, 5.74) is 12.9. The quantitative estimate of drug-likeness (QED) is 0.192. The van der Waals surface area contributed by atoms with Crippen LogP contribution in [0.3, 0.4) is 0 Å². The molecule has 0 atom stereocenters. The third-order valence-electron chi connectivity index (χ3n) is 9.00. The standard InChI is InChI=1S/C45H26N4/c46-27-30-14-16-44-42(20-30)43-21-31(28-47)15-17-45(43)49(44)41-19-32(29-48)18-37(26-41)35-12-7-13-36(22-35)40-24-38(33-8-3-1-4-9-33)23-39(25-40)34-10-5-2-6-11-34/h1-26H. The van der Waals surface area contributed by atoms with E-state index in [1.165, 1.54) is 0 Å². The van der Waals surface area contributed by atoms with Gasteiger partial charge in [0.25, 0.3) is 0 Å². The number of benzene rings is 7. The first-order valence-electron chi connectivity index (χ1n) is 15.9. The Morgan fingerprint density at radius 1 is 0.327 bits per heavy atom. The lowest BCUT2D eigenvalue weighted by molar-refractivity contribution is 1.18. The van der Waals surface area contributed by atoms with Gasteiger partial charge in [-0.15, -0.1) is 0 Å². The van der Waals surface area contributed by atoms with Gasteiger partial charge in [-0.3, -0.25) is 0 Å². The molecule has 4 nitrogen and oxygen atoms in total. The van der Waals surface area contributed by atoms with Crippen molar-refractivity contribution in [2.75, 3.05) is 0 Å². The molecule has 0 saturated carbocycles. The van der Waals surface area contributed by atoms with Crippen LogP contribution in [0.2, 0.25) is 0 Å². The third-order valence-corrected chi connectivity index (χ3v) is 9.00. The SMILES string of the molecule is N#Cc1cc(-c2cccc(-c3cc(-c4ccccc4)cc(-c4ccccc4)c3)c2)cc(-n2c3ccc(C#N)cc3c3cc(C#N)ccc32)c1. The fourth-order valence-corrected chi connectivity index (χ4v) is 6.68. The lowest BCUT2D eigenvalue weighted by atomic mass is 9.92. The summed E-state index contributed by atoms with van der Waals surface area (Å²) in [6, 6.07) is 60.0. The highest BCUT2D eigenvalue weighted by Crippen LogP contribution is 2.37. The maximum atomic E-state index is 10.2. The first-order valence-corrected chi connectivity index (χ1v) is 15.9. The zero-order valence-corrected chi connectivity index (χ0v) is 26.3. The third kappa shape index (κ3) is 5.39. The van der Waals surface area contributed by atoms with Crippen LogP contribution in [0.4, 0.5) is 0 Å². The predicted molar refractivity (Wildman–Crippen MR) is 197 cm³/mol. The molecule has 0 amide bonds. The lowest BCUT2D eigenvalue weighted by Crippen LogP contribution is -1.96. The van der Waals surface area contributed by atoms with Crippen LogP contribution >= 0.6 is 0 Å². The van der Waals surface area contributed by atoms with E-state index in [-0.39, 0.29) is 0 Å². The van der Waals surface area contributed by atoms with Crippen molar-refractivity contribution in [3.05, 3.63) is 174 Å². The molecule has 7 aromatic carbocycles. The molecule has 0 bridgehead atoms. The minimum atomic E-state index is 0.535. The number of aromatic nitrogens is 1. The van der Waals surface area contributed by atoms with E-state index < -0.39 is 0 Å². The van der Waals surface area contributed by atoms with E-state index in [4.69, 9.17) is 0 Å². The molecule has 1 aromatic heterocycles. The molecule has 0 N–H and O–H groups in total. The molecular formula is C45H26N4. The lowest BCUT2D eigenvalue weighted by Gasteiger charge is -2.14. The zero-order valence-electron chi connectivity index (χ0n) is 26.3. The molecule has 8 rings (SSSR count). The average Bonchev–Trinajstić information content (AvgIpc) is 3.51. The van der Waals surface area contributed by atoms with E-state index >= 15 is 0 Å². The van der Waals surface area contributed by atoms with Crippen LogP contribution in [-0.2, 0) is 0 Å². The Kier molecular flexibility index (Phi) is 7.28. The van der Waals surface area contributed by atoms with Gasteiger partial charge in [0, 0.05) is 16.5 Å². The number of hydrogen-bond donors (Lipinski definition) is 0. The van der Waals surface area contributed by atoms with Crippen molar-refractivity contribution in [1.29, 1.82) is 15.8 Å². The highest BCUT2D eigenvalue weighted by Gasteiger charge is 2.16. The van der Waals surface area contributed by atoms with Gasteiger partial charge in [0.15, 0.2) is 0 Å². The number of nitrogens with zero attached hydrogens (tertiary/aromatic N) is 4. The Morgan fingerprint density at radius 2 is 0.755 bits per heavy atom. The summed E-state index contributed by atoms with van der Waals surface area (Å²) in [5.74, 6) is 0. The molecule has 0 fully saturated rings. The summed E-state index contributed by atoms with van der Waals surface area (Å²) in [7, 11) is 0. The molecule has 8 aromatic rings. The van der Waals surface area contributed by atoms with Crippen molar-refractivity contribution >= 4 is 21.8 Å². The maximum Gasteiger partial charge on any atom is 0.0992 e. The van der Waals surface area contributed by atoms with Gasteiger partial charge < -0.3 is 4.57 Å². The summed E-state index contributed by atoms with van der Waals surface area (Å²) in [6.07, 6.45) is 0. The van der Waals surface area contributed by atoms with Gasteiger partial charge in [-0.25, -0.2) is 0 Å². The van der Waals surface area contributed by atoms with Crippen molar-refractivity contribution in [3.63, 3.8) is 0 Å². The molecule has 1 heterocycles. The number of hydrogen-bond acceptors (Lipinski definition) is 3. The number of rotatable bonds is 5. The van der Waals surface area contributed by atoms with Crippen molar-refractivity contribution in [1.82, 2.24) is 4.57 Å². The molecule has 0 saturated heterocycles. The molecule has 0 unspecified atom stereocenters. The minimum absolute atomic E-state index is 0.535. The van der Waals surface area contributed by atoms with Crippen molar-refractivity contribution < 1.29 is 0 Å². The van der Waals surface area contributed by atoms with Crippen molar-refractivity contribution in [2.24, 2.45) is 0 Å². The molecule has 0 aliphatic carbocycles. The molecule has 0 aliphatic heterocycles. The average molecular weight is 623 g/mol. The van der Waals surface area contributed by atoms with Crippen molar-refractivity contribution in [3.8, 4) is 68.4 Å². The van der Waals surface area contributed by atoms with Crippen LogP contribution in [0.5, 0.6) is 0 Å². The first-order chi connectivity index (χ1) is 24.1. The van der Waals surface area contributed by atoms with Gasteiger partial charge in [-0.05, 0) is 123 Å². The first kappa shape index (κ1) is 29.2. The van der Waals surface area contributed by atoms with Gasteiger partial charge in [0.2, 0.25) is 0 Å². The Hall–Kier alpha value is -7.19. The molecule has 49 heavy (non-hydrogen) atoms. The van der Waals surface area contributed by atoms with E-state index in [0.29, 0.717) is 16.7 Å².